The second-order valence-electron chi connectivity index (χ2n) is 4.45. The Bertz CT molecular complexity index is 331. The van der Waals surface area contributed by atoms with Gasteiger partial charge in [0.05, 0.1) is 9.98 Å². The molecule has 1 unspecified atom stereocenters. The van der Waals surface area contributed by atoms with Gasteiger partial charge in [0, 0.05) is 0 Å². The van der Waals surface area contributed by atoms with E-state index in [-0.39, 0.29) is 0 Å². The Morgan fingerprint density at radius 2 is 2.13 bits per heavy atom. The first-order valence-corrected chi connectivity index (χ1v) is 7.06. The second kappa shape index (κ2) is 4.52. The predicted molar refractivity (Wildman–Crippen MR) is 66.0 cm³/mol. The molecular formula is C11H16BrNOS. The highest BCUT2D eigenvalue weighted by molar-refractivity contribution is 9.11. The van der Waals surface area contributed by atoms with Crippen LogP contribution in [0.15, 0.2) is 9.98 Å². The third-order valence-corrected chi connectivity index (χ3v) is 5.01. The maximum atomic E-state index is 10.6. The van der Waals surface area contributed by atoms with Crippen molar-refractivity contribution in [2.24, 2.45) is 5.92 Å². The van der Waals surface area contributed by atoms with E-state index in [2.05, 4.69) is 20.9 Å². The van der Waals surface area contributed by atoms with Crippen LogP contribution < -0.4 is 0 Å². The van der Waals surface area contributed by atoms with Crippen LogP contribution in [0.2, 0.25) is 0 Å². The van der Waals surface area contributed by atoms with Gasteiger partial charge in [-0.3, -0.25) is 0 Å². The highest BCUT2D eigenvalue weighted by Gasteiger charge is 2.36. The molecular weight excluding hydrogens is 274 g/mol. The molecule has 1 aromatic rings. The lowest BCUT2D eigenvalue weighted by molar-refractivity contribution is -0.0216. The van der Waals surface area contributed by atoms with E-state index in [1.165, 1.54) is 19.3 Å². The molecule has 0 amide bonds. The lowest BCUT2D eigenvalue weighted by Crippen LogP contribution is -2.33. The summed E-state index contributed by atoms with van der Waals surface area (Å²) in [4.78, 5) is 4.28. The van der Waals surface area contributed by atoms with Crippen LogP contribution in [0.5, 0.6) is 0 Å². The molecule has 15 heavy (non-hydrogen) atoms. The van der Waals surface area contributed by atoms with E-state index < -0.39 is 5.60 Å². The third kappa shape index (κ3) is 2.43. The van der Waals surface area contributed by atoms with E-state index in [4.69, 9.17) is 0 Å². The Labute approximate surface area is 103 Å². The molecule has 0 aliphatic heterocycles. The number of aromatic nitrogens is 1. The van der Waals surface area contributed by atoms with E-state index >= 15 is 0 Å². The SMILES string of the molecule is CC(O)(c1ncc(Br)s1)C1CCCCC1. The van der Waals surface area contributed by atoms with Crippen molar-refractivity contribution in [2.45, 2.75) is 44.6 Å². The first kappa shape index (κ1) is 11.6. The van der Waals surface area contributed by atoms with Gasteiger partial charge in [0.2, 0.25) is 0 Å². The smallest absolute Gasteiger partial charge is 0.125 e. The fourth-order valence-electron chi connectivity index (χ4n) is 2.33. The molecule has 0 aromatic carbocycles. The van der Waals surface area contributed by atoms with Crippen LogP contribution in [0, 0.1) is 5.92 Å². The summed E-state index contributed by atoms with van der Waals surface area (Å²) in [6, 6.07) is 0. The largest absolute Gasteiger partial charge is 0.383 e. The van der Waals surface area contributed by atoms with Crippen LogP contribution in [-0.2, 0) is 5.60 Å². The van der Waals surface area contributed by atoms with Gasteiger partial charge in [0.15, 0.2) is 0 Å². The first-order valence-electron chi connectivity index (χ1n) is 5.45. The zero-order valence-corrected chi connectivity index (χ0v) is 11.3. The Morgan fingerprint density at radius 1 is 1.47 bits per heavy atom. The van der Waals surface area contributed by atoms with Crippen LogP contribution in [0.25, 0.3) is 0 Å². The van der Waals surface area contributed by atoms with Crippen molar-refractivity contribution in [2.75, 3.05) is 0 Å². The summed E-state index contributed by atoms with van der Waals surface area (Å²) in [5.41, 5.74) is -0.739. The average molecular weight is 290 g/mol. The van der Waals surface area contributed by atoms with Gasteiger partial charge in [-0.2, -0.15) is 0 Å². The maximum absolute atomic E-state index is 10.6. The quantitative estimate of drug-likeness (QED) is 0.901. The molecule has 1 aliphatic carbocycles. The summed E-state index contributed by atoms with van der Waals surface area (Å²) in [7, 11) is 0. The minimum absolute atomic E-state index is 0.379. The zero-order valence-electron chi connectivity index (χ0n) is 8.87. The van der Waals surface area contributed by atoms with Crippen molar-refractivity contribution in [1.82, 2.24) is 4.98 Å². The van der Waals surface area contributed by atoms with Crippen molar-refractivity contribution >= 4 is 27.3 Å². The van der Waals surface area contributed by atoms with Gasteiger partial charge in [0.25, 0.3) is 0 Å². The Morgan fingerprint density at radius 3 is 2.67 bits per heavy atom. The van der Waals surface area contributed by atoms with Gasteiger partial charge in [-0.05, 0) is 41.6 Å². The Hall–Kier alpha value is 0.0700. The molecule has 0 spiro atoms. The van der Waals surface area contributed by atoms with Crippen LogP contribution >= 0.6 is 27.3 Å². The van der Waals surface area contributed by atoms with Crippen LogP contribution in [0.1, 0.15) is 44.0 Å². The molecule has 2 nitrogen and oxygen atoms in total. The van der Waals surface area contributed by atoms with Gasteiger partial charge >= 0.3 is 0 Å². The summed E-state index contributed by atoms with van der Waals surface area (Å²) in [5.74, 6) is 0.379. The first-order chi connectivity index (χ1) is 7.10. The molecule has 1 N–H and O–H groups in total. The monoisotopic (exact) mass is 289 g/mol. The minimum atomic E-state index is -0.739. The van der Waals surface area contributed by atoms with Crippen LogP contribution in [0.3, 0.4) is 0 Å². The molecule has 4 heteroatoms. The lowest BCUT2D eigenvalue weighted by atomic mass is 9.78. The van der Waals surface area contributed by atoms with Crippen molar-refractivity contribution in [3.05, 3.63) is 15.0 Å². The Balaban J connectivity index is 2.17. The maximum Gasteiger partial charge on any atom is 0.125 e. The number of hydrogen-bond donors (Lipinski definition) is 1. The normalized spacial score (nSPS) is 22.6. The van der Waals surface area contributed by atoms with Crippen molar-refractivity contribution < 1.29 is 5.11 Å². The van der Waals surface area contributed by atoms with Crippen molar-refractivity contribution in [3.63, 3.8) is 0 Å². The van der Waals surface area contributed by atoms with Gasteiger partial charge in [-0.15, -0.1) is 11.3 Å². The average Bonchev–Trinajstić information content (AvgIpc) is 2.67. The lowest BCUT2D eigenvalue weighted by Gasteiger charge is -2.33. The Kier molecular flexibility index (Phi) is 3.48. The molecule has 2 rings (SSSR count). The molecule has 1 aromatic heterocycles. The fourth-order valence-corrected chi connectivity index (χ4v) is 3.66. The van der Waals surface area contributed by atoms with E-state index in [0.717, 1.165) is 21.6 Å². The number of thiazole rings is 1. The van der Waals surface area contributed by atoms with Crippen molar-refractivity contribution in [3.8, 4) is 0 Å². The highest BCUT2D eigenvalue weighted by Crippen LogP contribution is 2.40. The molecule has 84 valence electrons. The van der Waals surface area contributed by atoms with Gasteiger partial charge in [0.1, 0.15) is 10.6 Å². The topological polar surface area (TPSA) is 33.1 Å². The minimum Gasteiger partial charge on any atom is -0.383 e. The molecule has 0 radical (unpaired) electrons. The standard InChI is InChI=1S/C11H16BrNOS/c1-11(14,8-5-3-2-4-6-8)10-13-7-9(12)15-10/h7-8,14H,2-6H2,1H3. The van der Waals surface area contributed by atoms with Gasteiger partial charge in [-0.25, -0.2) is 4.98 Å². The summed E-state index contributed by atoms with van der Waals surface area (Å²) in [6.45, 7) is 1.91. The molecule has 1 saturated carbocycles. The van der Waals surface area contributed by atoms with E-state index in [9.17, 15) is 5.11 Å². The summed E-state index contributed by atoms with van der Waals surface area (Å²) in [5, 5.41) is 11.4. The van der Waals surface area contributed by atoms with Gasteiger partial charge in [-0.1, -0.05) is 19.3 Å². The predicted octanol–water partition coefficient (Wildman–Crippen LogP) is 3.69. The number of hydrogen-bond acceptors (Lipinski definition) is 3. The van der Waals surface area contributed by atoms with Crippen LogP contribution in [0.4, 0.5) is 0 Å². The molecule has 0 bridgehead atoms. The van der Waals surface area contributed by atoms with E-state index in [1.54, 1.807) is 17.5 Å². The zero-order chi connectivity index (χ0) is 10.9. The van der Waals surface area contributed by atoms with Crippen molar-refractivity contribution in [1.29, 1.82) is 0 Å². The molecule has 1 atom stereocenters. The fraction of sp³-hybridized carbons (Fsp3) is 0.727. The molecule has 1 fully saturated rings. The number of rotatable bonds is 2. The highest BCUT2D eigenvalue weighted by atomic mass is 79.9. The third-order valence-electron chi connectivity index (χ3n) is 3.31. The number of halogens is 1. The van der Waals surface area contributed by atoms with E-state index in [0.29, 0.717) is 5.92 Å². The summed E-state index contributed by atoms with van der Waals surface area (Å²) in [6.07, 6.45) is 7.83. The molecule has 1 aliphatic rings. The van der Waals surface area contributed by atoms with E-state index in [1.807, 2.05) is 6.92 Å². The van der Waals surface area contributed by atoms with Gasteiger partial charge < -0.3 is 5.11 Å². The number of nitrogens with zero attached hydrogens (tertiary/aromatic N) is 1. The summed E-state index contributed by atoms with van der Waals surface area (Å²) < 4.78 is 0.994. The molecule has 0 saturated heterocycles. The summed E-state index contributed by atoms with van der Waals surface area (Å²) >= 11 is 4.94. The van der Waals surface area contributed by atoms with Crippen LogP contribution in [-0.4, -0.2) is 10.1 Å². The second-order valence-corrected chi connectivity index (χ2v) is 6.86. The number of aliphatic hydroxyl groups is 1. The molecule has 1 heterocycles.